The molecule has 2 aromatic carbocycles. The molecule has 0 bridgehead atoms. The van der Waals surface area contributed by atoms with Crippen molar-refractivity contribution in [2.45, 2.75) is 0 Å². The summed E-state index contributed by atoms with van der Waals surface area (Å²) in [5.41, 5.74) is 2.48. The quantitative estimate of drug-likeness (QED) is 0.755. The number of nitrogens with zero attached hydrogens (tertiary/aromatic N) is 1. The van der Waals surface area contributed by atoms with Gasteiger partial charge in [0.05, 0.1) is 23.7 Å². The minimum absolute atomic E-state index is 0.281. The number of ether oxygens (including phenoxy) is 1. The fraction of sp³-hybridized carbons (Fsp3) is 0.0556. The molecule has 0 saturated carbocycles. The summed E-state index contributed by atoms with van der Waals surface area (Å²) >= 11 is 0. The molecule has 0 fully saturated rings. The van der Waals surface area contributed by atoms with Crippen LogP contribution in [0.2, 0.25) is 0 Å². The molecule has 23 heavy (non-hydrogen) atoms. The van der Waals surface area contributed by atoms with Crippen molar-refractivity contribution in [3.8, 4) is 0 Å². The van der Waals surface area contributed by atoms with E-state index >= 15 is 0 Å². The third-order valence-electron chi connectivity index (χ3n) is 3.41. The Kier molecular flexibility index (Phi) is 4.01. The zero-order valence-electron chi connectivity index (χ0n) is 12.4. The van der Waals surface area contributed by atoms with Crippen LogP contribution in [0.5, 0.6) is 0 Å². The first-order chi connectivity index (χ1) is 11.2. The van der Waals surface area contributed by atoms with Crippen molar-refractivity contribution >= 4 is 29.2 Å². The number of nitrogens with one attached hydrogen (secondary N) is 1. The molecule has 0 spiro atoms. The standard InChI is InChI=1S/C18H14N2O3/c1-23-18(22)13-7-3-2-6-12(13)10-11-16-17(21)20-15-9-5-4-8-14(15)19-16/h2-11H,1H3,(H,20,21)/b11-10+. The van der Waals surface area contributed by atoms with E-state index in [-0.39, 0.29) is 11.3 Å². The number of rotatable bonds is 3. The Hall–Kier alpha value is -3.21. The molecule has 0 aliphatic carbocycles. The van der Waals surface area contributed by atoms with Crippen LogP contribution in [-0.4, -0.2) is 23.0 Å². The van der Waals surface area contributed by atoms with Crippen molar-refractivity contribution in [2.24, 2.45) is 0 Å². The first-order valence-electron chi connectivity index (χ1n) is 7.03. The molecule has 0 atom stereocenters. The van der Waals surface area contributed by atoms with Gasteiger partial charge in [-0.2, -0.15) is 0 Å². The number of para-hydroxylation sites is 2. The summed E-state index contributed by atoms with van der Waals surface area (Å²) in [7, 11) is 1.33. The normalized spacial score (nSPS) is 11.0. The van der Waals surface area contributed by atoms with Gasteiger partial charge in [0.2, 0.25) is 0 Å². The lowest BCUT2D eigenvalue weighted by Gasteiger charge is -2.03. The highest BCUT2D eigenvalue weighted by Gasteiger charge is 2.09. The molecule has 0 amide bonds. The fourth-order valence-corrected chi connectivity index (χ4v) is 2.26. The van der Waals surface area contributed by atoms with Gasteiger partial charge in [-0.3, -0.25) is 4.79 Å². The van der Waals surface area contributed by atoms with E-state index in [1.165, 1.54) is 7.11 Å². The molecule has 0 radical (unpaired) electrons. The number of benzene rings is 2. The van der Waals surface area contributed by atoms with E-state index in [0.29, 0.717) is 22.2 Å². The lowest BCUT2D eigenvalue weighted by atomic mass is 10.1. The zero-order valence-corrected chi connectivity index (χ0v) is 12.4. The summed E-state index contributed by atoms with van der Waals surface area (Å²) in [5, 5.41) is 0. The van der Waals surface area contributed by atoms with Crippen molar-refractivity contribution in [3.63, 3.8) is 0 Å². The maximum Gasteiger partial charge on any atom is 0.338 e. The number of hydrogen-bond donors (Lipinski definition) is 1. The van der Waals surface area contributed by atoms with Crippen LogP contribution in [-0.2, 0) is 4.74 Å². The zero-order chi connectivity index (χ0) is 16.2. The van der Waals surface area contributed by atoms with E-state index in [2.05, 4.69) is 9.97 Å². The summed E-state index contributed by atoms with van der Waals surface area (Å²) in [6, 6.07) is 14.3. The summed E-state index contributed by atoms with van der Waals surface area (Å²) in [5.74, 6) is -0.425. The third-order valence-corrected chi connectivity index (χ3v) is 3.41. The minimum atomic E-state index is -0.425. The maximum absolute atomic E-state index is 12.1. The molecule has 5 heteroatoms. The number of hydrogen-bond acceptors (Lipinski definition) is 4. The van der Waals surface area contributed by atoms with E-state index in [0.717, 1.165) is 0 Å². The van der Waals surface area contributed by atoms with E-state index < -0.39 is 5.97 Å². The Labute approximate surface area is 132 Å². The van der Waals surface area contributed by atoms with E-state index in [1.54, 1.807) is 36.4 Å². The molecule has 0 saturated heterocycles. The van der Waals surface area contributed by atoms with Crippen LogP contribution in [0.15, 0.2) is 53.3 Å². The van der Waals surface area contributed by atoms with Crippen molar-refractivity contribution in [3.05, 3.63) is 75.7 Å². The molecule has 0 aliphatic rings. The Morgan fingerprint density at radius 2 is 1.83 bits per heavy atom. The second kappa shape index (κ2) is 6.27. The SMILES string of the molecule is COC(=O)c1ccccc1/C=C/c1nc2ccccc2[nH]c1=O. The van der Waals surface area contributed by atoms with E-state index in [1.807, 2.05) is 24.3 Å². The van der Waals surface area contributed by atoms with Crippen LogP contribution in [0.1, 0.15) is 21.6 Å². The molecule has 0 unspecified atom stereocenters. The predicted octanol–water partition coefficient (Wildman–Crippen LogP) is 2.88. The number of methoxy groups -OCH3 is 1. The van der Waals surface area contributed by atoms with Gasteiger partial charge in [0, 0.05) is 0 Å². The summed E-state index contributed by atoms with van der Waals surface area (Å²) in [4.78, 5) is 30.9. The molecule has 3 aromatic rings. The number of aromatic amines is 1. The second-order valence-electron chi connectivity index (χ2n) is 4.88. The van der Waals surface area contributed by atoms with Gasteiger partial charge in [-0.15, -0.1) is 0 Å². The molecule has 1 N–H and O–H groups in total. The van der Waals surface area contributed by atoms with E-state index in [9.17, 15) is 9.59 Å². The van der Waals surface area contributed by atoms with Crippen molar-refractivity contribution < 1.29 is 9.53 Å². The van der Waals surface area contributed by atoms with Gasteiger partial charge < -0.3 is 9.72 Å². The van der Waals surface area contributed by atoms with Gasteiger partial charge in [-0.05, 0) is 29.8 Å². The second-order valence-corrected chi connectivity index (χ2v) is 4.88. The van der Waals surface area contributed by atoms with Crippen LogP contribution in [0.25, 0.3) is 23.2 Å². The molecule has 114 valence electrons. The van der Waals surface area contributed by atoms with Crippen LogP contribution < -0.4 is 5.56 Å². The number of carbonyl (C=O) groups excluding carboxylic acids is 1. The number of carbonyl (C=O) groups is 1. The van der Waals surface area contributed by atoms with Gasteiger partial charge in [0.1, 0.15) is 5.69 Å². The maximum atomic E-state index is 12.1. The molecule has 1 aromatic heterocycles. The van der Waals surface area contributed by atoms with E-state index in [4.69, 9.17) is 4.74 Å². The molecular weight excluding hydrogens is 292 g/mol. The highest BCUT2D eigenvalue weighted by Crippen LogP contribution is 2.14. The highest BCUT2D eigenvalue weighted by atomic mass is 16.5. The van der Waals surface area contributed by atoms with Crippen LogP contribution in [0.3, 0.4) is 0 Å². The van der Waals surface area contributed by atoms with Gasteiger partial charge >= 0.3 is 5.97 Å². The number of aromatic nitrogens is 2. The molecular formula is C18H14N2O3. The lowest BCUT2D eigenvalue weighted by molar-refractivity contribution is 0.0600. The first-order valence-corrected chi connectivity index (χ1v) is 7.03. The summed E-state index contributed by atoms with van der Waals surface area (Å²) < 4.78 is 4.75. The van der Waals surface area contributed by atoms with Gasteiger partial charge in [-0.1, -0.05) is 36.4 Å². The number of H-pyrrole nitrogens is 1. The average molecular weight is 306 g/mol. The van der Waals surface area contributed by atoms with Gasteiger partial charge in [0.25, 0.3) is 5.56 Å². The Morgan fingerprint density at radius 3 is 2.65 bits per heavy atom. The van der Waals surface area contributed by atoms with Crippen LogP contribution >= 0.6 is 0 Å². The summed E-state index contributed by atoms with van der Waals surface area (Å²) in [6.45, 7) is 0. The monoisotopic (exact) mass is 306 g/mol. The molecule has 3 rings (SSSR count). The third kappa shape index (κ3) is 3.03. The largest absolute Gasteiger partial charge is 0.465 e. The first kappa shape index (κ1) is 14.7. The summed E-state index contributed by atoms with van der Waals surface area (Å²) in [6.07, 6.45) is 3.27. The Bertz CT molecular complexity index is 958. The molecule has 1 heterocycles. The minimum Gasteiger partial charge on any atom is -0.465 e. The number of esters is 1. The van der Waals surface area contributed by atoms with Crippen molar-refractivity contribution in [1.29, 1.82) is 0 Å². The lowest BCUT2D eigenvalue weighted by Crippen LogP contribution is -2.11. The molecule has 0 aliphatic heterocycles. The fourth-order valence-electron chi connectivity index (χ4n) is 2.26. The van der Waals surface area contributed by atoms with Crippen LogP contribution in [0.4, 0.5) is 0 Å². The molecule has 5 nitrogen and oxygen atoms in total. The van der Waals surface area contributed by atoms with Crippen molar-refractivity contribution in [2.75, 3.05) is 7.11 Å². The smallest absolute Gasteiger partial charge is 0.338 e. The van der Waals surface area contributed by atoms with Gasteiger partial charge in [0.15, 0.2) is 0 Å². The highest BCUT2D eigenvalue weighted by molar-refractivity contribution is 5.94. The van der Waals surface area contributed by atoms with Crippen molar-refractivity contribution in [1.82, 2.24) is 9.97 Å². The predicted molar refractivity (Wildman–Crippen MR) is 89.1 cm³/mol. The average Bonchev–Trinajstić information content (AvgIpc) is 2.59. The Balaban J connectivity index is 2.02. The van der Waals surface area contributed by atoms with Gasteiger partial charge in [-0.25, -0.2) is 9.78 Å². The van der Waals surface area contributed by atoms with Crippen LogP contribution in [0, 0.1) is 0 Å². The topological polar surface area (TPSA) is 72.0 Å². The number of fused-ring (bicyclic) bond motifs is 1. The Morgan fingerprint density at radius 1 is 1.09 bits per heavy atom.